The zero-order valence-electron chi connectivity index (χ0n) is 17.2. The fraction of sp³-hybridized carbons (Fsp3) is 0.522. The molecule has 2 fully saturated rings. The highest BCUT2D eigenvalue weighted by molar-refractivity contribution is 5.59. The van der Waals surface area contributed by atoms with E-state index in [0.29, 0.717) is 6.04 Å². The largest absolute Gasteiger partial charge is 0.379 e. The standard InChI is InChI=1S/C23H32N4O/c1-19(27-13-15-28-16-14-27)21-4-6-22(7-5-21)23-8-3-20(17-24-23)18-26-11-9-25(2)10-12-26/h3-8,17,19H,9-16,18H2,1-2H3/t19-/m1/s1. The summed E-state index contributed by atoms with van der Waals surface area (Å²) in [6.45, 7) is 11.6. The Morgan fingerprint density at radius 2 is 1.64 bits per heavy atom. The number of morpholine rings is 1. The Bertz CT molecular complexity index is 732. The second-order valence-electron chi connectivity index (χ2n) is 8.08. The van der Waals surface area contributed by atoms with Gasteiger partial charge in [-0.3, -0.25) is 14.8 Å². The Kier molecular flexibility index (Phi) is 6.37. The maximum absolute atomic E-state index is 5.47. The van der Waals surface area contributed by atoms with Crippen molar-refractivity contribution in [1.82, 2.24) is 19.7 Å². The highest BCUT2D eigenvalue weighted by Gasteiger charge is 2.18. The number of piperazine rings is 1. The van der Waals surface area contributed by atoms with E-state index in [1.165, 1.54) is 16.7 Å². The average molecular weight is 381 g/mol. The average Bonchev–Trinajstić information content (AvgIpc) is 2.76. The normalized spacial score (nSPS) is 20.9. The first kappa shape index (κ1) is 19.5. The summed E-state index contributed by atoms with van der Waals surface area (Å²) >= 11 is 0. The molecule has 5 heteroatoms. The van der Waals surface area contributed by atoms with Gasteiger partial charge in [-0.15, -0.1) is 0 Å². The van der Waals surface area contributed by atoms with E-state index in [1.807, 2.05) is 6.20 Å². The van der Waals surface area contributed by atoms with E-state index in [9.17, 15) is 0 Å². The van der Waals surface area contributed by atoms with Crippen LogP contribution in [0.3, 0.4) is 0 Å². The molecule has 28 heavy (non-hydrogen) atoms. The van der Waals surface area contributed by atoms with Crippen LogP contribution >= 0.6 is 0 Å². The number of pyridine rings is 1. The monoisotopic (exact) mass is 380 g/mol. The third-order valence-electron chi connectivity index (χ3n) is 6.11. The van der Waals surface area contributed by atoms with Crippen LogP contribution in [0, 0.1) is 0 Å². The van der Waals surface area contributed by atoms with E-state index in [0.717, 1.165) is 64.7 Å². The molecular formula is C23H32N4O. The molecule has 1 atom stereocenters. The third-order valence-corrected chi connectivity index (χ3v) is 6.11. The molecule has 1 aromatic heterocycles. The predicted octanol–water partition coefficient (Wildman–Crippen LogP) is 2.89. The van der Waals surface area contributed by atoms with E-state index in [-0.39, 0.29) is 0 Å². The Balaban J connectivity index is 1.37. The number of ether oxygens (including phenoxy) is 1. The Morgan fingerprint density at radius 3 is 2.29 bits per heavy atom. The van der Waals surface area contributed by atoms with Crippen molar-refractivity contribution < 1.29 is 4.74 Å². The quantitative estimate of drug-likeness (QED) is 0.796. The van der Waals surface area contributed by atoms with Crippen molar-refractivity contribution >= 4 is 0 Å². The molecule has 0 radical (unpaired) electrons. The summed E-state index contributed by atoms with van der Waals surface area (Å²) in [5.41, 5.74) is 4.89. The molecule has 0 bridgehead atoms. The SMILES string of the molecule is C[C@H](c1ccc(-c2ccc(CN3CCN(C)CC3)cn2)cc1)N1CCOCC1. The molecule has 5 nitrogen and oxygen atoms in total. The van der Waals surface area contributed by atoms with Crippen LogP contribution in [0.1, 0.15) is 24.1 Å². The van der Waals surface area contributed by atoms with Crippen LogP contribution in [0.2, 0.25) is 0 Å². The van der Waals surface area contributed by atoms with Crippen molar-refractivity contribution in [3.8, 4) is 11.3 Å². The zero-order chi connectivity index (χ0) is 19.3. The molecule has 4 rings (SSSR count). The van der Waals surface area contributed by atoms with Gasteiger partial charge in [-0.25, -0.2) is 0 Å². The molecular weight excluding hydrogens is 348 g/mol. The van der Waals surface area contributed by atoms with E-state index in [2.05, 4.69) is 65.1 Å². The lowest BCUT2D eigenvalue weighted by molar-refractivity contribution is 0.0198. The molecule has 150 valence electrons. The molecule has 0 unspecified atom stereocenters. The highest BCUT2D eigenvalue weighted by atomic mass is 16.5. The highest BCUT2D eigenvalue weighted by Crippen LogP contribution is 2.24. The van der Waals surface area contributed by atoms with Crippen LogP contribution in [-0.4, -0.2) is 79.2 Å². The fourth-order valence-corrected chi connectivity index (χ4v) is 4.06. The molecule has 3 heterocycles. The molecule has 2 aliphatic rings. The lowest BCUT2D eigenvalue weighted by Crippen LogP contribution is -2.43. The van der Waals surface area contributed by atoms with Gasteiger partial charge in [-0.2, -0.15) is 0 Å². The minimum atomic E-state index is 0.428. The van der Waals surface area contributed by atoms with E-state index in [4.69, 9.17) is 9.72 Å². The number of aromatic nitrogens is 1. The number of hydrogen-bond acceptors (Lipinski definition) is 5. The minimum Gasteiger partial charge on any atom is -0.379 e. The zero-order valence-corrected chi connectivity index (χ0v) is 17.2. The van der Waals surface area contributed by atoms with Crippen LogP contribution in [-0.2, 0) is 11.3 Å². The first-order chi connectivity index (χ1) is 13.7. The molecule has 2 aromatic rings. The Morgan fingerprint density at radius 1 is 0.929 bits per heavy atom. The van der Waals surface area contributed by atoms with Crippen molar-refractivity contribution in [2.75, 3.05) is 59.5 Å². The molecule has 1 aromatic carbocycles. The summed E-state index contributed by atoms with van der Waals surface area (Å²) in [7, 11) is 2.20. The van der Waals surface area contributed by atoms with Crippen LogP contribution in [0.25, 0.3) is 11.3 Å². The van der Waals surface area contributed by atoms with Gasteiger partial charge in [0, 0.05) is 63.6 Å². The maximum Gasteiger partial charge on any atom is 0.0702 e. The lowest BCUT2D eigenvalue weighted by atomic mass is 10.0. The molecule has 2 saturated heterocycles. The van der Waals surface area contributed by atoms with Gasteiger partial charge in [-0.1, -0.05) is 30.3 Å². The first-order valence-corrected chi connectivity index (χ1v) is 10.5. The van der Waals surface area contributed by atoms with Crippen molar-refractivity contribution in [3.63, 3.8) is 0 Å². The number of nitrogens with zero attached hydrogens (tertiary/aromatic N) is 4. The van der Waals surface area contributed by atoms with Crippen molar-refractivity contribution in [3.05, 3.63) is 53.7 Å². The molecule has 0 amide bonds. The first-order valence-electron chi connectivity index (χ1n) is 10.5. The fourth-order valence-electron chi connectivity index (χ4n) is 4.06. The number of benzene rings is 1. The molecule has 0 spiro atoms. The van der Waals surface area contributed by atoms with Gasteiger partial charge in [0.2, 0.25) is 0 Å². The van der Waals surface area contributed by atoms with Crippen LogP contribution in [0.5, 0.6) is 0 Å². The van der Waals surface area contributed by atoms with E-state index < -0.39 is 0 Å². The molecule has 0 aliphatic carbocycles. The Labute approximate surface area is 168 Å². The topological polar surface area (TPSA) is 31.8 Å². The summed E-state index contributed by atoms with van der Waals surface area (Å²) in [6, 6.07) is 13.7. The van der Waals surface area contributed by atoms with Gasteiger partial charge in [0.1, 0.15) is 0 Å². The Hall–Kier alpha value is -1.79. The van der Waals surface area contributed by atoms with Crippen LogP contribution in [0.15, 0.2) is 42.6 Å². The van der Waals surface area contributed by atoms with Gasteiger partial charge < -0.3 is 9.64 Å². The summed E-state index contributed by atoms with van der Waals surface area (Å²) in [5.74, 6) is 0. The van der Waals surface area contributed by atoms with Crippen LogP contribution in [0.4, 0.5) is 0 Å². The van der Waals surface area contributed by atoms with Gasteiger partial charge in [0.05, 0.1) is 18.9 Å². The number of rotatable bonds is 5. The molecule has 0 saturated carbocycles. The lowest BCUT2D eigenvalue weighted by Gasteiger charge is -2.32. The van der Waals surface area contributed by atoms with Crippen molar-refractivity contribution in [1.29, 1.82) is 0 Å². The van der Waals surface area contributed by atoms with Gasteiger partial charge in [0.25, 0.3) is 0 Å². The van der Waals surface area contributed by atoms with Crippen molar-refractivity contribution in [2.24, 2.45) is 0 Å². The summed E-state index contributed by atoms with van der Waals surface area (Å²) < 4.78 is 5.47. The van der Waals surface area contributed by atoms with Gasteiger partial charge in [0.15, 0.2) is 0 Å². The van der Waals surface area contributed by atoms with Gasteiger partial charge >= 0.3 is 0 Å². The smallest absolute Gasteiger partial charge is 0.0702 e. The van der Waals surface area contributed by atoms with Crippen molar-refractivity contribution in [2.45, 2.75) is 19.5 Å². The van der Waals surface area contributed by atoms with E-state index in [1.54, 1.807) is 0 Å². The van der Waals surface area contributed by atoms with Gasteiger partial charge in [-0.05, 0) is 31.2 Å². The maximum atomic E-state index is 5.47. The molecule has 0 N–H and O–H groups in total. The summed E-state index contributed by atoms with van der Waals surface area (Å²) in [5, 5.41) is 0. The second-order valence-corrected chi connectivity index (χ2v) is 8.08. The number of hydrogen-bond donors (Lipinski definition) is 0. The summed E-state index contributed by atoms with van der Waals surface area (Å²) in [6.07, 6.45) is 2.04. The third kappa shape index (κ3) is 4.78. The molecule has 2 aliphatic heterocycles. The van der Waals surface area contributed by atoms with Crippen LogP contribution < -0.4 is 0 Å². The summed E-state index contributed by atoms with van der Waals surface area (Å²) in [4.78, 5) is 12.1. The van der Waals surface area contributed by atoms with E-state index >= 15 is 0 Å². The second kappa shape index (κ2) is 9.14. The number of likely N-dealkylation sites (N-methyl/N-ethyl adjacent to an activating group) is 1. The minimum absolute atomic E-state index is 0.428. The predicted molar refractivity (Wildman–Crippen MR) is 113 cm³/mol.